The first-order valence-electron chi connectivity index (χ1n) is 15.4. The van der Waals surface area contributed by atoms with E-state index in [1.54, 1.807) is 0 Å². The Morgan fingerprint density at radius 1 is 0.902 bits per heavy atom. The molecule has 2 atom stereocenters. The second-order valence-electron chi connectivity index (χ2n) is 11.3. The fourth-order valence-corrected chi connectivity index (χ4v) is 5.68. The van der Waals surface area contributed by atoms with Crippen LogP contribution >= 0.6 is 11.6 Å². The number of nitrogens with zero attached hydrogens (tertiary/aromatic N) is 3. The molecule has 2 rings (SSSR count). The normalized spacial score (nSPS) is 13.4. The van der Waals surface area contributed by atoms with Crippen molar-refractivity contribution in [1.29, 1.82) is 0 Å². The van der Waals surface area contributed by atoms with Crippen LogP contribution in [-0.2, 0) is 19.4 Å². The number of hydrogen-bond donors (Lipinski definition) is 3. The zero-order valence-corrected chi connectivity index (χ0v) is 27.0. The monoisotopic (exact) mass is 614 g/mol. The number of H-pyrrole nitrogens is 1. The molecule has 3 N–H and O–H groups in total. The van der Waals surface area contributed by atoms with Gasteiger partial charge in [0.05, 0.1) is 17.5 Å². The summed E-state index contributed by atoms with van der Waals surface area (Å²) in [6, 6.07) is -1.47. The van der Waals surface area contributed by atoms with Gasteiger partial charge in [0.1, 0.15) is 20.9 Å². The van der Waals surface area contributed by atoms with Crippen molar-refractivity contribution in [1.82, 2.24) is 30.4 Å². The quantitative estimate of drug-likeness (QED) is 0.139. The third kappa shape index (κ3) is 13.1. The van der Waals surface area contributed by atoms with Crippen LogP contribution in [0.1, 0.15) is 134 Å². The molecule has 0 fully saturated rings. The maximum absolute atomic E-state index is 13.4. The fourth-order valence-electron chi connectivity index (χ4n) is 4.85. The van der Waals surface area contributed by atoms with Gasteiger partial charge in [-0.3, -0.25) is 14.7 Å². The Morgan fingerprint density at radius 3 is 2.07 bits per heavy atom. The van der Waals surface area contributed by atoms with E-state index in [-0.39, 0.29) is 18.1 Å². The minimum absolute atomic E-state index is 0.00144. The highest BCUT2D eigenvalue weighted by Crippen LogP contribution is 2.23. The summed E-state index contributed by atoms with van der Waals surface area (Å²) in [6.07, 6.45) is 16.5. The van der Waals surface area contributed by atoms with Crippen molar-refractivity contribution in [2.24, 2.45) is 0 Å². The molecule has 2 aromatic rings. The zero-order chi connectivity index (χ0) is 30.3. The lowest BCUT2D eigenvalue weighted by molar-refractivity contribution is -0.129. The van der Waals surface area contributed by atoms with E-state index in [9.17, 15) is 18.0 Å². The molecule has 234 valence electrons. The molecule has 2 unspecified atom stereocenters. The van der Waals surface area contributed by atoms with Gasteiger partial charge in [0, 0.05) is 12.7 Å². The second kappa shape index (κ2) is 18.4. The van der Waals surface area contributed by atoms with Crippen LogP contribution in [0, 0.1) is 6.92 Å². The third-order valence-corrected chi connectivity index (χ3v) is 8.76. The third-order valence-electron chi connectivity index (χ3n) is 7.33. The number of hydrogen-bond acceptors (Lipinski definition) is 6. The van der Waals surface area contributed by atoms with E-state index in [0.29, 0.717) is 29.3 Å². The number of rotatable bonds is 22. The van der Waals surface area contributed by atoms with Crippen LogP contribution in [0.5, 0.6) is 0 Å². The first-order chi connectivity index (χ1) is 19.6. The number of carbonyl (C=O) groups excluding carboxylic acids is 2. The van der Waals surface area contributed by atoms with Gasteiger partial charge in [0.15, 0.2) is 11.5 Å². The predicted molar refractivity (Wildman–Crippen MR) is 165 cm³/mol. The molecule has 2 heterocycles. The molecular formula is C29H51ClN6O4S. The number of halogens is 1. The van der Waals surface area contributed by atoms with Gasteiger partial charge in [-0.15, -0.1) is 5.10 Å². The Hall–Kier alpha value is -2.14. The van der Waals surface area contributed by atoms with Gasteiger partial charge in [0.2, 0.25) is 11.8 Å². The SMILES string of the molecule is CCCCCCCCCCCCC(=O)NC(CCS(C)(=O)=O)C(=O)NC(CCCCC)c1nc2c(Cl)c(C)[nH]n2n1. The average molecular weight is 615 g/mol. The van der Waals surface area contributed by atoms with Crippen LogP contribution in [0.2, 0.25) is 5.02 Å². The maximum Gasteiger partial charge on any atom is 0.243 e. The van der Waals surface area contributed by atoms with Crippen LogP contribution < -0.4 is 10.6 Å². The Bertz CT molecular complexity index is 1180. The van der Waals surface area contributed by atoms with E-state index >= 15 is 0 Å². The van der Waals surface area contributed by atoms with E-state index in [1.807, 2.05) is 6.92 Å². The average Bonchev–Trinajstić information content (AvgIpc) is 3.44. The first kappa shape index (κ1) is 35.1. The molecule has 41 heavy (non-hydrogen) atoms. The highest BCUT2D eigenvalue weighted by atomic mass is 35.5. The number of nitrogens with one attached hydrogen (secondary N) is 3. The molecule has 0 spiro atoms. The standard InChI is InChI=1S/C29H51ClN6O4S/c1-5-7-9-10-11-12-13-14-15-17-19-25(37)31-24(20-21-41(4,39)40)29(38)32-23(18-16-8-6-2)27-33-28-26(30)22(3)34-36(28)35-27/h23-24,34H,5-21H2,1-4H3,(H,31,37)(H,32,38). The molecular weight excluding hydrogens is 564 g/mol. The Labute approximate surface area is 251 Å². The molecule has 0 saturated heterocycles. The van der Waals surface area contributed by atoms with Gasteiger partial charge >= 0.3 is 0 Å². The van der Waals surface area contributed by atoms with Gasteiger partial charge in [-0.2, -0.15) is 4.63 Å². The van der Waals surface area contributed by atoms with Crippen molar-refractivity contribution < 1.29 is 18.0 Å². The van der Waals surface area contributed by atoms with E-state index in [1.165, 1.54) is 49.6 Å². The molecule has 0 aliphatic carbocycles. The molecule has 10 nitrogen and oxygen atoms in total. The molecule has 0 bridgehead atoms. The lowest BCUT2D eigenvalue weighted by atomic mass is 10.1. The van der Waals surface area contributed by atoms with Gasteiger partial charge in [-0.05, 0) is 26.2 Å². The minimum Gasteiger partial charge on any atom is -0.344 e. The summed E-state index contributed by atoms with van der Waals surface area (Å²) in [5.41, 5.74) is 1.22. The largest absolute Gasteiger partial charge is 0.344 e. The number of carbonyl (C=O) groups is 2. The summed E-state index contributed by atoms with van der Waals surface area (Å²) < 4.78 is 25.2. The summed E-state index contributed by atoms with van der Waals surface area (Å²) in [5, 5.41) is 13.8. The van der Waals surface area contributed by atoms with Gasteiger partial charge in [-0.1, -0.05) is 102 Å². The molecule has 12 heteroatoms. The molecule has 2 aromatic heterocycles. The highest BCUT2D eigenvalue weighted by Gasteiger charge is 2.27. The van der Waals surface area contributed by atoms with E-state index in [0.717, 1.165) is 50.5 Å². The topological polar surface area (TPSA) is 138 Å². The lowest BCUT2D eigenvalue weighted by Gasteiger charge is -2.22. The number of sulfone groups is 1. The Balaban J connectivity index is 1.96. The first-order valence-corrected chi connectivity index (χ1v) is 17.9. The fraction of sp³-hybridized carbons (Fsp3) is 0.793. The van der Waals surface area contributed by atoms with Crippen LogP contribution in [-0.4, -0.2) is 58.1 Å². The number of fused-ring (bicyclic) bond motifs is 1. The maximum atomic E-state index is 13.4. The van der Waals surface area contributed by atoms with Crippen molar-refractivity contribution in [2.45, 2.75) is 136 Å². The van der Waals surface area contributed by atoms with Crippen LogP contribution in [0.15, 0.2) is 0 Å². The Kier molecular flexibility index (Phi) is 15.7. The van der Waals surface area contributed by atoms with Crippen LogP contribution in [0.4, 0.5) is 0 Å². The molecule has 0 aliphatic rings. The minimum atomic E-state index is -3.32. The second-order valence-corrected chi connectivity index (χ2v) is 13.9. The van der Waals surface area contributed by atoms with Crippen molar-refractivity contribution in [3.8, 4) is 0 Å². The predicted octanol–water partition coefficient (Wildman–Crippen LogP) is 5.99. The van der Waals surface area contributed by atoms with Crippen molar-refractivity contribution in [2.75, 3.05) is 12.0 Å². The summed E-state index contributed by atoms with van der Waals surface area (Å²) >= 11 is 6.34. The molecule has 0 aromatic carbocycles. The van der Waals surface area contributed by atoms with E-state index < -0.39 is 27.8 Å². The van der Waals surface area contributed by atoms with Crippen LogP contribution in [0.25, 0.3) is 5.65 Å². The molecule has 2 amide bonds. The molecule has 0 aliphatic heterocycles. The number of aromatic nitrogens is 4. The van der Waals surface area contributed by atoms with Gasteiger partial charge < -0.3 is 10.6 Å². The summed E-state index contributed by atoms with van der Waals surface area (Å²) in [4.78, 5) is 30.7. The summed E-state index contributed by atoms with van der Waals surface area (Å²) in [5.74, 6) is -0.463. The number of aromatic amines is 1. The lowest BCUT2D eigenvalue weighted by Crippen LogP contribution is -2.48. The summed E-state index contributed by atoms with van der Waals surface area (Å²) in [7, 11) is -3.32. The Morgan fingerprint density at radius 2 is 1.49 bits per heavy atom. The van der Waals surface area contributed by atoms with Crippen molar-refractivity contribution in [3.63, 3.8) is 0 Å². The highest BCUT2D eigenvalue weighted by molar-refractivity contribution is 7.90. The van der Waals surface area contributed by atoms with Crippen LogP contribution in [0.3, 0.4) is 0 Å². The van der Waals surface area contributed by atoms with Crippen molar-refractivity contribution >= 4 is 38.9 Å². The number of amides is 2. The molecule has 0 saturated carbocycles. The number of unbranched alkanes of at least 4 members (excludes halogenated alkanes) is 11. The zero-order valence-electron chi connectivity index (χ0n) is 25.4. The van der Waals surface area contributed by atoms with E-state index in [2.05, 4.69) is 39.7 Å². The summed E-state index contributed by atoms with van der Waals surface area (Å²) in [6.45, 7) is 6.14. The molecule has 0 radical (unpaired) electrons. The smallest absolute Gasteiger partial charge is 0.243 e. The van der Waals surface area contributed by atoms with Gasteiger partial charge in [-0.25, -0.2) is 13.4 Å². The van der Waals surface area contributed by atoms with Crippen molar-refractivity contribution in [3.05, 3.63) is 16.5 Å². The van der Waals surface area contributed by atoms with E-state index in [4.69, 9.17) is 11.6 Å². The number of aryl methyl sites for hydroxylation is 1. The van der Waals surface area contributed by atoms with Gasteiger partial charge in [0.25, 0.3) is 0 Å².